The highest BCUT2D eigenvalue weighted by atomic mass is 19.1. The zero-order valence-electron chi connectivity index (χ0n) is 15.7. The maximum absolute atomic E-state index is 13.2. The molecule has 1 saturated carbocycles. The van der Waals surface area contributed by atoms with Gasteiger partial charge in [-0.3, -0.25) is 14.3 Å². The van der Waals surface area contributed by atoms with E-state index in [-0.39, 0.29) is 23.7 Å². The molecule has 3 fully saturated rings. The molecule has 1 atom stereocenters. The number of carbonyl (C=O) groups excluding carboxylic acids is 2. The SMILES string of the molecule is O=C1CCCN1c1cnn(C2CCN(C(=O)C3(c4ccc(F)cc4)CC3)C2)c1. The van der Waals surface area contributed by atoms with Crippen LogP contribution >= 0.6 is 0 Å². The Bertz CT molecular complexity index is 919. The number of rotatable bonds is 4. The molecule has 146 valence electrons. The highest BCUT2D eigenvalue weighted by Crippen LogP contribution is 2.50. The molecule has 5 rings (SSSR count). The van der Waals surface area contributed by atoms with E-state index in [0.29, 0.717) is 19.5 Å². The van der Waals surface area contributed by atoms with Crippen molar-refractivity contribution in [1.82, 2.24) is 14.7 Å². The number of carbonyl (C=O) groups is 2. The quantitative estimate of drug-likeness (QED) is 0.817. The number of halogens is 1. The molecule has 0 radical (unpaired) electrons. The second kappa shape index (κ2) is 6.43. The zero-order valence-corrected chi connectivity index (χ0v) is 15.7. The smallest absolute Gasteiger partial charge is 0.233 e. The normalized spacial score (nSPS) is 23.5. The molecule has 7 heteroatoms. The first-order valence-corrected chi connectivity index (χ1v) is 9.97. The minimum atomic E-state index is -0.472. The van der Waals surface area contributed by atoms with Crippen LogP contribution in [-0.4, -0.2) is 46.1 Å². The van der Waals surface area contributed by atoms with Gasteiger partial charge in [-0.25, -0.2) is 4.39 Å². The molecule has 1 unspecified atom stereocenters. The van der Waals surface area contributed by atoms with Gasteiger partial charge in [-0.1, -0.05) is 12.1 Å². The Kier molecular flexibility index (Phi) is 4.00. The van der Waals surface area contributed by atoms with Crippen LogP contribution in [0.4, 0.5) is 10.1 Å². The third kappa shape index (κ3) is 2.80. The number of nitrogens with zero attached hydrogens (tertiary/aromatic N) is 4. The lowest BCUT2D eigenvalue weighted by atomic mass is 9.94. The fourth-order valence-electron chi connectivity index (χ4n) is 4.55. The summed E-state index contributed by atoms with van der Waals surface area (Å²) in [5.41, 5.74) is 1.29. The van der Waals surface area contributed by atoms with Crippen LogP contribution in [0.15, 0.2) is 36.7 Å². The second-order valence-electron chi connectivity index (χ2n) is 8.11. The van der Waals surface area contributed by atoms with Crippen LogP contribution in [0.5, 0.6) is 0 Å². The molecule has 1 aliphatic carbocycles. The summed E-state index contributed by atoms with van der Waals surface area (Å²) in [4.78, 5) is 28.8. The lowest BCUT2D eigenvalue weighted by Gasteiger charge is -2.23. The van der Waals surface area contributed by atoms with Crippen molar-refractivity contribution in [2.75, 3.05) is 24.5 Å². The maximum Gasteiger partial charge on any atom is 0.233 e. The fraction of sp³-hybridized carbons (Fsp3) is 0.476. The Balaban J connectivity index is 1.28. The van der Waals surface area contributed by atoms with Crippen LogP contribution in [-0.2, 0) is 15.0 Å². The molecule has 1 aromatic carbocycles. The van der Waals surface area contributed by atoms with Gasteiger partial charge in [0.15, 0.2) is 0 Å². The first-order chi connectivity index (χ1) is 13.6. The molecule has 2 amide bonds. The van der Waals surface area contributed by atoms with Crippen molar-refractivity contribution >= 4 is 17.5 Å². The lowest BCUT2D eigenvalue weighted by molar-refractivity contribution is -0.133. The number of hydrogen-bond acceptors (Lipinski definition) is 3. The number of amides is 2. The molecule has 0 bridgehead atoms. The molecule has 2 aliphatic heterocycles. The number of likely N-dealkylation sites (tertiary alicyclic amines) is 1. The molecular weight excluding hydrogens is 359 g/mol. The van der Waals surface area contributed by atoms with Gasteiger partial charge in [0, 0.05) is 32.3 Å². The molecular formula is C21H23FN4O2. The average Bonchev–Trinajstić information content (AvgIpc) is 3.07. The van der Waals surface area contributed by atoms with Gasteiger partial charge in [0.05, 0.1) is 23.3 Å². The molecule has 3 aliphatic rings. The van der Waals surface area contributed by atoms with Gasteiger partial charge in [-0.05, 0) is 43.4 Å². The highest BCUT2D eigenvalue weighted by molar-refractivity contribution is 5.95. The number of benzene rings is 1. The fourth-order valence-corrected chi connectivity index (χ4v) is 4.55. The highest BCUT2D eigenvalue weighted by Gasteiger charge is 2.53. The molecule has 6 nitrogen and oxygen atoms in total. The summed E-state index contributed by atoms with van der Waals surface area (Å²) in [6.45, 7) is 2.07. The molecule has 1 aromatic heterocycles. The van der Waals surface area contributed by atoms with Gasteiger partial charge in [-0.2, -0.15) is 5.10 Å². The third-order valence-corrected chi connectivity index (χ3v) is 6.35. The Hall–Kier alpha value is -2.70. The van der Waals surface area contributed by atoms with Crippen molar-refractivity contribution in [1.29, 1.82) is 0 Å². The molecule has 28 heavy (non-hydrogen) atoms. The van der Waals surface area contributed by atoms with E-state index in [1.54, 1.807) is 23.2 Å². The number of aromatic nitrogens is 2. The van der Waals surface area contributed by atoms with E-state index in [1.165, 1.54) is 12.1 Å². The molecule has 3 heterocycles. The number of hydrogen-bond donors (Lipinski definition) is 0. The van der Waals surface area contributed by atoms with Crippen LogP contribution in [0.25, 0.3) is 0 Å². The van der Waals surface area contributed by atoms with E-state index in [2.05, 4.69) is 5.10 Å². The van der Waals surface area contributed by atoms with Crippen molar-refractivity contribution in [3.8, 4) is 0 Å². The molecule has 2 aromatic rings. The minimum absolute atomic E-state index is 0.124. The number of anilines is 1. The van der Waals surface area contributed by atoms with Gasteiger partial charge in [0.1, 0.15) is 5.82 Å². The standard InChI is InChI=1S/C21H23FN4O2/c22-16-5-3-15(4-6-16)21(8-9-21)20(28)24-11-7-17(13-24)26-14-18(12-23-26)25-10-1-2-19(25)27/h3-6,12,14,17H,1-2,7-11,13H2. The monoisotopic (exact) mass is 382 g/mol. The first-order valence-electron chi connectivity index (χ1n) is 9.97. The van der Waals surface area contributed by atoms with Gasteiger partial charge in [0.2, 0.25) is 11.8 Å². The van der Waals surface area contributed by atoms with Crippen molar-refractivity contribution in [3.63, 3.8) is 0 Å². The van der Waals surface area contributed by atoms with E-state index < -0.39 is 5.41 Å². The summed E-state index contributed by atoms with van der Waals surface area (Å²) in [7, 11) is 0. The van der Waals surface area contributed by atoms with Gasteiger partial charge < -0.3 is 9.80 Å². The second-order valence-corrected chi connectivity index (χ2v) is 8.11. The van der Waals surface area contributed by atoms with Crippen LogP contribution < -0.4 is 4.90 Å². The van der Waals surface area contributed by atoms with Crippen molar-refractivity contribution in [3.05, 3.63) is 48.0 Å². The van der Waals surface area contributed by atoms with Crippen molar-refractivity contribution in [2.24, 2.45) is 0 Å². The predicted octanol–water partition coefficient (Wildman–Crippen LogP) is 2.65. The largest absolute Gasteiger partial charge is 0.340 e. The Morgan fingerprint density at radius 2 is 1.96 bits per heavy atom. The van der Waals surface area contributed by atoms with E-state index in [0.717, 1.165) is 43.5 Å². The van der Waals surface area contributed by atoms with Crippen molar-refractivity contribution < 1.29 is 14.0 Å². The summed E-state index contributed by atoms with van der Waals surface area (Å²) in [6, 6.07) is 6.46. The molecule has 0 spiro atoms. The van der Waals surface area contributed by atoms with Crippen LogP contribution in [0, 0.1) is 5.82 Å². The third-order valence-electron chi connectivity index (χ3n) is 6.35. The topological polar surface area (TPSA) is 58.4 Å². The lowest BCUT2D eigenvalue weighted by Crippen LogP contribution is -2.38. The van der Waals surface area contributed by atoms with E-state index >= 15 is 0 Å². The van der Waals surface area contributed by atoms with Gasteiger partial charge >= 0.3 is 0 Å². The van der Waals surface area contributed by atoms with Gasteiger partial charge in [-0.15, -0.1) is 0 Å². The zero-order chi connectivity index (χ0) is 19.3. The summed E-state index contributed by atoms with van der Waals surface area (Å²) < 4.78 is 15.1. The van der Waals surface area contributed by atoms with Gasteiger partial charge in [0.25, 0.3) is 0 Å². The van der Waals surface area contributed by atoms with Crippen molar-refractivity contribution in [2.45, 2.75) is 43.6 Å². The Labute approximate surface area is 162 Å². The van der Waals surface area contributed by atoms with E-state index in [4.69, 9.17) is 0 Å². The van der Waals surface area contributed by atoms with E-state index in [1.807, 2.05) is 15.8 Å². The summed E-state index contributed by atoms with van der Waals surface area (Å²) in [6.07, 6.45) is 7.65. The average molecular weight is 382 g/mol. The van der Waals surface area contributed by atoms with E-state index in [9.17, 15) is 14.0 Å². The summed E-state index contributed by atoms with van der Waals surface area (Å²) in [5, 5.41) is 4.46. The predicted molar refractivity (Wildman–Crippen MR) is 101 cm³/mol. The minimum Gasteiger partial charge on any atom is -0.340 e. The Morgan fingerprint density at radius 3 is 2.64 bits per heavy atom. The van der Waals surface area contributed by atoms with Crippen LogP contribution in [0.3, 0.4) is 0 Å². The maximum atomic E-state index is 13.2. The summed E-state index contributed by atoms with van der Waals surface area (Å²) in [5.74, 6) is 0.0145. The Morgan fingerprint density at radius 1 is 1.18 bits per heavy atom. The molecule has 0 N–H and O–H groups in total. The summed E-state index contributed by atoms with van der Waals surface area (Å²) >= 11 is 0. The molecule has 2 saturated heterocycles. The first kappa shape index (κ1) is 17.4. The van der Waals surface area contributed by atoms with Crippen LogP contribution in [0.1, 0.15) is 43.7 Å². The van der Waals surface area contributed by atoms with Crippen LogP contribution in [0.2, 0.25) is 0 Å².